The molecule has 0 saturated carbocycles. The van der Waals surface area contributed by atoms with E-state index in [2.05, 4.69) is 32.2 Å². The van der Waals surface area contributed by atoms with E-state index in [9.17, 15) is 9.18 Å². The first-order chi connectivity index (χ1) is 16.4. The Morgan fingerprint density at radius 3 is 2.79 bits per heavy atom. The summed E-state index contributed by atoms with van der Waals surface area (Å²) in [5, 5.41) is 2.96. The first-order valence-corrected chi connectivity index (χ1v) is 11.3. The molecule has 3 aromatic heterocycles. The lowest BCUT2D eigenvalue weighted by molar-refractivity contribution is 0.0939. The molecule has 4 heterocycles. The van der Waals surface area contributed by atoms with Crippen molar-refractivity contribution in [3.63, 3.8) is 0 Å². The van der Waals surface area contributed by atoms with Crippen LogP contribution in [0.3, 0.4) is 0 Å². The van der Waals surface area contributed by atoms with Crippen molar-refractivity contribution in [1.82, 2.24) is 29.6 Å². The number of hydrogen-bond acceptors (Lipinski definition) is 6. The van der Waals surface area contributed by atoms with Crippen molar-refractivity contribution in [3.8, 4) is 22.5 Å². The number of amides is 1. The van der Waals surface area contributed by atoms with E-state index in [-0.39, 0.29) is 23.5 Å². The van der Waals surface area contributed by atoms with Gasteiger partial charge in [-0.1, -0.05) is 12.1 Å². The number of aryl methyl sites for hydroxylation is 1. The number of imidazole rings is 1. The second-order valence-electron chi connectivity index (χ2n) is 8.70. The molecule has 0 bridgehead atoms. The number of carbonyl (C=O) groups is 1. The predicted molar refractivity (Wildman–Crippen MR) is 129 cm³/mol. The molecule has 0 aliphatic carbocycles. The Labute approximate surface area is 196 Å². The van der Waals surface area contributed by atoms with E-state index in [0.717, 1.165) is 30.7 Å². The molecule has 0 spiro atoms. The third kappa shape index (κ3) is 4.10. The Morgan fingerprint density at radius 2 is 2.03 bits per heavy atom. The summed E-state index contributed by atoms with van der Waals surface area (Å²) in [5.41, 5.74) is 10.1. The van der Waals surface area contributed by atoms with Gasteiger partial charge in [0.15, 0.2) is 11.5 Å². The van der Waals surface area contributed by atoms with Crippen molar-refractivity contribution in [2.75, 3.05) is 25.9 Å². The molecule has 4 aromatic rings. The molecular weight excluding hydrogens is 433 g/mol. The van der Waals surface area contributed by atoms with Gasteiger partial charge in [0.25, 0.3) is 5.91 Å². The monoisotopic (exact) mass is 459 g/mol. The summed E-state index contributed by atoms with van der Waals surface area (Å²) >= 11 is 0. The smallest absolute Gasteiger partial charge is 0.273 e. The highest BCUT2D eigenvalue weighted by Gasteiger charge is 2.24. The van der Waals surface area contributed by atoms with Gasteiger partial charge < -0.3 is 20.4 Å². The minimum absolute atomic E-state index is 0.000164. The summed E-state index contributed by atoms with van der Waals surface area (Å²) in [6, 6.07) is 10.1. The number of hydrogen-bond donors (Lipinski definition) is 2. The lowest BCUT2D eigenvalue weighted by Crippen LogP contribution is -2.38. The van der Waals surface area contributed by atoms with Crippen LogP contribution in [-0.4, -0.2) is 56.3 Å². The number of anilines is 1. The minimum Gasteiger partial charge on any atom is -0.382 e. The number of fused-ring (bicyclic) bond motifs is 1. The second kappa shape index (κ2) is 8.83. The molecule has 174 valence electrons. The zero-order valence-electron chi connectivity index (χ0n) is 19.1. The number of pyridine rings is 1. The lowest BCUT2D eigenvalue weighted by atomic mass is 10.0. The van der Waals surface area contributed by atoms with Gasteiger partial charge in [0.1, 0.15) is 11.5 Å². The third-order valence-corrected chi connectivity index (χ3v) is 6.37. The number of benzene rings is 1. The molecule has 1 aromatic carbocycles. The number of nitrogens with one attached hydrogen (secondary N) is 1. The molecule has 9 heteroatoms. The average Bonchev–Trinajstić information content (AvgIpc) is 3.42. The van der Waals surface area contributed by atoms with Crippen molar-refractivity contribution in [2.45, 2.75) is 25.8 Å². The Hall–Kier alpha value is -3.85. The Kier molecular flexibility index (Phi) is 5.70. The van der Waals surface area contributed by atoms with Gasteiger partial charge in [-0.3, -0.25) is 4.79 Å². The number of rotatable bonds is 5. The van der Waals surface area contributed by atoms with Crippen molar-refractivity contribution < 1.29 is 9.18 Å². The van der Waals surface area contributed by atoms with Crippen LogP contribution in [0.1, 0.15) is 29.0 Å². The molecule has 0 radical (unpaired) electrons. The normalized spacial score (nSPS) is 16.3. The number of nitrogens with zero attached hydrogens (tertiary/aromatic N) is 5. The summed E-state index contributed by atoms with van der Waals surface area (Å²) in [5.74, 6) is -0.773. The topological polar surface area (TPSA) is 101 Å². The zero-order valence-corrected chi connectivity index (χ0v) is 19.1. The highest BCUT2D eigenvalue weighted by atomic mass is 19.1. The van der Waals surface area contributed by atoms with E-state index in [4.69, 9.17) is 5.73 Å². The molecule has 1 unspecified atom stereocenters. The number of halogens is 1. The van der Waals surface area contributed by atoms with Crippen LogP contribution in [-0.2, 0) is 0 Å². The van der Waals surface area contributed by atoms with Crippen molar-refractivity contribution in [1.29, 1.82) is 0 Å². The van der Waals surface area contributed by atoms with Crippen LogP contribution in [0.25, 0.3) is 28.2 Å². The maximum absolute atomic E-state index is 14.0. The van der Waals surface area contributed by atoms with Crippen LogP contribution in [0, 0.1) is 12.7 Å². The van der Waals surface area contributed by atoms with Crippen LogP contribution < -0.4 is 11.1 Å². The largest absolute Gasteiger partial charge is 0.382 e. The number of carbonyl (C=O) groups excluding carboxylic acids is 1. The van der Waals surface area contributed by atoms with Gasteiger partial charge in [0, 0.05) is 41.8 Å². The lowest BCUT2D eigenvalue weighted by Gasteiger charge is -2.20. The molecule has 5 rings (SSSR count). The van der Waals surface area contributed by atoms with E-state index in [1.807, 2.05) is 29.7 Å². The first kappa shape index (κ1) is 22.0. The third-order valence-electron chi connectivity index (χ3n) is 6.37. The summed E-state index contributed by atoms with van der Waals surface area (Å²) in [6.07, 6.45) is 5.81. The summed E-state index contributed by atoms with van der Waals surface area (Å²) in [7, 11) is 2.05. The van der Waals surface area contributed by atoms with Crippen molar-refractivity contribution in [2.24, 2.45) is 0 Å². The fourth-order valence-corrected chi connectivity index (χ4v) is 4.43. The molecule has 1 saturated heterocycles. The molecule has 34 heavy (non-hydrogen) atoms. The van der Waals surface area contributed by atoms with E-state index in [1.165, 1.54) is 12.1 Å². The van der Waals surface area contributed by atoms with Gasteiger partial charge in [-0.05, 0) is 57.6 Å². The molecular formula is C25H26FN7O. The first-order valence-electron chi connectivity index (χ1n) is 11.3. The number of likely N-dealkylation sites (N-methyl/N-ethyl adjacent to an activating group) is 1. The minimum atomic E-state index is -0.396. The molecule has 1 aliphatic heterocycles. The fraction of sp³-hybridized carbons (Fsp3) is 0.280. The van der Waals surface area contributed by atoms with Gasteiger partial charge in [-0.25, -0.2) is 19.3 Å². The van der Waals surface area contributed by atoms with Gasteiger partial charge in [0.05, 0.1) is 11.4 Å². The van der Waals surface area contributed by atoms with Crippen LogP contribution in [0.4, 0.5) is 10.2 Å². The van der Waals surface area contributed by atoms with E-state index in [0.29, 0.717) is 29.1 Å². The van der Waals surface area contributed by atoms with Crippen LogP contribution in [0.2, 0.25) is 0 Å². The average molecular weight is 460 g/mol. The number of aromatic nitrogens is 4. The molecule has 1 fully saturated rings. The number of nitrogens with two attached hydrogens (primary N) is 1. The summed E-state index contributed by atoms with van der Waals surface area (Å²) in [6.45, 7) is 3.48. The Balaban J connectivity index is 1.58. The highest BCUT2D eigenvalue weighted by molar-refractivity contribution is 5.98. The van der Waals surface area contributed by atoms with Gasteiger partial charge in [-0.15, -0.1) is 0 Å². The van der Waals surface area contributed by atoms with Crippen LogP contribution in [0.15, 0.2) is 48.8 Å². The highest BCUT2D eigenvalue weighted by Crippen LogP contribution is 2.31. The maximum atomic E-state index is 14.0. The maximum Gasteiger partial charge on any atom is 0.273 e. The Morgan fingerprint density at radius 1 is 1.21 bits per heavy atom. The Bertz CT molecular complexity index is 1380. The van der Waals surface area contributed by atoms with E-state index >= 15 is 0 Å². The molecule has 1 aliphatic rings. The summed E-state index contributed by atoms with van der Waals surface area (Å²) < 4.78 is 16.0. The second-order valence-corrected chi connectivity index (χ2v) is 8.70. The van der Waals surface area contributed by atoms with Crippen molar-refractivity contribution in [3.05, 3.63) is 66.0 Å². The SMILES string of the molecule is Cc1cnc2ccc(-c3nc(C(=O)NCC4CCCN4C)c(N)nc3-c3cccc(F)c3)cn12. The van der Waals surface area contributed by atoms with Crippen LogP contribution in [0.5, 0.6) is 0 Å². The zero-order chi connectivity index (χ0) is 23.8. The summed E-state index contributed by atoms with van der Waals surface area (Å²) in [4.78, 5) is 28.8. The fourth-order valence-electron chi connectivity index (χ4n) is 4.43. The molecule has 8 nitrogen and oxygen atoms in total. The van der Waals surface area contributed by atoms with Crippen LogP contribution >= 0.6 is 0 Å². The molecule has 3 N–H and O–H groups in total. The molecule has 1 atom stereocenters. The van der Waals surface area contributed by atoms with E-state index in [1.54, 1.807) is 18.3 Å². The van der Waals surface area contributed by atoms with Gasteiger partial charge in [0.2, 0.25) is 0 Å². The standard InChI is InChI=1S/C25H26FN7O/c1-15-12-28-20-9-8-17(14-33(15)20)22-21(16-5-3-6-18(26)11-16)31-24(27)23(30-22)25(34)29-13-19-7-4-10-32(19)2/h3,5-6,8-9,11-12,14,19H,4,7,10,13H2,1-2H3,(H2,27,31)(H,29,34). The quantitative estimate of drug-likeness (QED) is 0.475. The van der Waals surface area contributed by atoms with Gasteiger partial charge >= 0.3 is 0 Å². The van der Waals surface area contributed by atoms with E-state index < -0.39 is 5.82 Å². The number of likely N-dealkylation sites (tertiary alicyclic amines) is 1. The van der Waals surface area contributed by atoms with Crippen molar-refractivity contribution >= 4 is 17.4 Å². The number of nitrogen functional groups attached to an aromatic ring is 1. The van der Waals surface area contributed by atoms with Gasteiger partial charge in [-0.2, -0.15) is 0 Å². The predicted octanol–water partition coefficient (Wildman–Crippen LogP) is 3.31. The molecule has 1 amide bonds.